The van der Waals surface area contributed by atoms with Gasteiger partial charge in [0.1, 0.15) is 11.6 Å². The summed E-state index contributed by atoms with van der Waals surface area (Å²) >= 11 is 0. The molecule has 0 saturated carbocycles. The predicted molar refractivity (Wildman–Crippen MR) is 145 cm³/mol. The van der Waals surface area contributed by atoms with E-state index in [0.29, 0.717) is 12.6 Å². The first-order valence-electron chi connectivity index (χ1n) is 13.0. The Morgan fingerprint density at radius 1 is 1.00 bits per heavy atom. The van der Waals surface area contributed by atoms with Crippen LogP contribution in [-0.4, -0.2) is 46.1 Å². The summed E-state index contributed by atoms with van der Waals surface area (Å²) in [6, 6.07) is 17.1. The first-order valence-corrected chi connectivity index (χ1v) is 13.0. The maximum absolute atomic E-state index is 12.0. The van der Waals surface area contributed by atoms with Gasteiger partial charge in [-0.25, -0.2) is 9.97 Å². The SMILES string of the molecule is COC(=O)Cc1[nH]c(CCCCN)nc1-c1ccc(-c2ccc(-c3cnc([C@@H]4CCCN4)[nH]3)cc2)cc1. The molecule has 1 atom stereocenters. The van der Waals surface area contributed by atoms with E-state index in [1.54, 1.807) is 0 Å². The molecule has 1 fully saturated rings. The highest BCUT2D eigenvalue weighted by molar-refractivity contribution is 5.77. The number of esters is 1. The minimum atomic E-state index is -0.293. The van der Waals surface area contributed by atoms with Gasteiger partial charge in [-0.3, -0.25) is 4.79 Å². The van der Waals surface area contributed by atoms with Crippen LogP contribution in [0.3, 0.4) is 0 Å². The molecule has 1 aliphatic heterocycles. The van der Waals surface area contributed by atoms with Crippen LogP contribution in [0.15, 0.2) is 54.7 Å². The third kappa shape index (κ3) is 5.81. The molecule has 8 nitrogen and oxygen atoms in total. The fourth-order valence-corrected chi connectivity index (χ4v) is 4.84. The number of nitrogens with one attached hydrogen (secondary N) is 3. The zero-order valence-corrected chi connectivity index (χ0v) is 21.2. The molecule has 2 aromatic heterocycles. The Balaban J connectivity index is 1.32. The number of hydrogen-bond acceptors (Lipinski definition) is 6. The number of methoxy groups -OCH3 is 1. The first-order chi connectivity index (χ1) is 18.1. The molecule has 0 radical (unpaired) electrons. The topological polar surface area (TPSA) is 122 Å². The summed E-state index contributed by atoms with van der Waals surface area (Å²) in [5.74, 6) is 1.59. The van der Waals surface area contributed by atoms with Crippen LogP contribution < -0.4 is 11.1 Å². The summed E-state index contributed by atoms with van der Waals surface area (Å²) in [5, 5.41) is 3.49. The van der Waals surface area contributed by atoms with Crippen LogP contribution in [-0.2, 0) is 22.4 Å². The van der Waals surface area contributed by atoms with E-state index in [1.165, 1.54) is 13.5 Å². The Morgan fingerprint density at radius 3 is 2.35 bits per heavy atom. The third-order valence-corrected chi connectivity index (χ3v) is 6.92. The van der Waals surface area contributed by atoms with Crippen LogP contribution in [0.1, 0.15) is 49.1 Å². The average Bonchev–Trinajstić information content (AvgIpc) is 3.70. The Labute approximate surface area is 217 Å². The lowest BCUT2D eigenvalue weighted by Crippen LogP contribution is -2.14. The van der Waals surface area contributed by atoms with Gasteiger partial charge in [-0.05, 0) is 55.5 Å². The van der Waals surface area contributed by atoms with Gasteiger partial charge in [-0.2, -0.15) is 0 Å². The highest BCUT2D eigenvalue weighted by Gasteiger charge is 2.19. The number of H-pyrrole nitrogens is 2. The number of carbonyl (C=O) groups excluding carboxylic acids is 1. The molecule has 0 spiro atoms. The van der Waals surface area contributed by atoms with E-state index in [1.807, 2.05) is 6.20 Å². The van der Waals surface area contributed by atoms with Crippen molar-refractivity contribution in [1.82, 2.24) is 25.3 Å². The average molecular weight is 499 g/mol. The lowest BCUT2D eigenvalue weighted by atomic mass is 10.0. The van der Waals surface area contributed by atoms with Crippen LogP contribution in [0, 0.1) is 0 Å². The Kier molecular flexibility index (Phi) is 7.77. The second-order valence-corrected chi connectivity index (χ2v) is 9.50. The fourth-order valence-electron chi connectivity index (χ4n) is 4.84. The number of nitrogens with zero attached hydrogens (tertiary/aromatic N) is 2. The Morgan fingerprint density at radius 2 is 1.70 bits per heavy atom. The van der Waals surface area contributed by atoms with Crippen LogP contribution >= 0.6 is 0 Å². The smallest absolute Gasteiger partial charge is 0.311 e. The quantitative estimate of drug-likeness (QED) is 0.188. The number of carbonyl (C=O) groups is 1. The molecule has 5 N–H and O–H groups in total. The van der Waals surface area contributed by atoms with Crippen LogP contribution in [0.2, 0.25) is 0 Å². The molecule has 1 saturated heterocycles. The summed E-state index contributed by atoms with van der Waals surface area (Å²) in [4.78, 5) is 28.2. The van der Waals surface area contributed by atoms with Gasteiger partial charge in [0.2, 0.25) is 0 Å². The second-order valence-electron chi connectivity index (χ2n) is 9.50. The van der Waals surface area contributed by atoms with E-state index in [4.69, 9.17) is 15.5 Å². The van der Waals surface area contributed by atoms with Crippen molar-refractivity contribution < 1.29 is 9.53 Å². The highest BCUT2D eigenvalue weighted by Crippen LogP contribution is 2.29. The zero-order chi connectivity index (χ0) is 25.6. The van der Waals surface area contributed by atoms with Gasteiger partial charge < -0.3 is 25.8 Å². The minimum Gasteiger partial charge on any atom is -0.469 e. The van der Waals surface area contributed by atoms with Gasteiger partial charge in [-0.15, -0.1) is 0 Å². The molecule has 37 heavy (non-hydrogen) atoms. The molecule has 0 unspecified atom stereocenters. The lowest BCUT2D eigenvalue weighted by Gasteiger charge is -2.07. The van der Waals surface area contributed by atoms with Gasteiger partial charge in [0.25, 0.3) is 0 Å². The van der Waals surface area contributed by atoms with Crippen molar-refractivity contribution in [1.29, 1.82) is 0 Å². The third-order valence-electron chi connectivity index (χ3n) is 6.92. The molecule has 2 aromatic carbocycles. The van der Waals surface area contributed by atoms with E-state index in [2.05, 4.69) is 68.8 Å². The fraction of sp³-hybridized carbons (Fsp3) is 0.345. The van der Waals surface area contributed by atoms with E-state index >= 15 is 0 Å². The molecule has 4 aromatic rings. The Bertz CT molecular complexity index is 1320. The van der Waals surface area contributed by atoms with Gasteiger partial charge in [0.05, 0.1) is 42.9 Å². The van der Waals surface area contributed by atoms with E-state index < -0.39 is 0 Å². The zero-order valence-electron chi connectivity index (χ0n) is 21.2. The molecule has 0 bridgehead atoms. The largest absolute Gasteiger partial charge is 0.469 e. The van der Waals surface area contributed by atoms with Crippen molar-refractivity contribution >= 4 is 5.97 Å². The molecule has 192 valence electrons. The number of ether oxygens (including phenoxy) is 1. The maximum atomic E-state index is 12.0. The minimum absolute atomic E-state index is 0.158. The van der Waals surface area contributed by atoms with Crippen LogP contribution in [0.4, 0.5) is 0 Å². The molecule has 0 aliphatic carbocycles. The van der Waals surface area contributed by atoms with Crippen molar-refractivity contribution in [3.8, 4) is 33.6 Å². The summed E-state index contributed by atoms with van der Waals surface area (Å²) in [7, 11) is 1.40. The number of unbranched alkanes of at least 4 members (excludes halogenated alkanes) is 1. The number of rotatable bonds is 10. The number of imidazole rings is 2. The van der Waals surface area contributed by atoms with Crippen molar-refractivity contribution in [3.63, 3.8) is 0 Å². The normalized spacial score (nSPS) is 15.2. The summed E-state index contributed by atoms with van der Waals surface area (Å²) in [6.45, 7) is 1.71. The molecule has 5 rings (SSSR count). The van der Waals surface area contributed by atoms with E-state index in [-0.39, 0.29) is 12.4 Å². The van der Waals surface area contributed by atoms with Crippen molar-refractivity contribution in [3.05, 3.63) is 72.1 Å². The van der Waals surface area contributed by atoms with Crippen molar-refractivity contribution in [2.75, 3.05) is 20.2 Å². The van der Waals surface area contributed by atoms with Gasteiger partial charge in [0, 0.05) is 12.0 Å². The molecular formula is C29H34N6O2. The molecular weight excluding hydrogens is 464 g/mol. The van der Waals surface area contributed by atoms with E-state index in [0.717, 1.165) is 83.2 Å². The maximum Gasteiger partial charge on any atom is 0.311 e. The van der Waals surface area contributed by atoms with Crippen LogP contribution in [0.25, 0.3) is 33.6 Å². The molecule has 0 amide bonds. The van der Waals surface area contributed by atoms with Crippen molar-refractivity contribution in [2.45, 2.75) is 44.6 Å². The number of benzene rings is 2. The summed E-state index contributed by atoms with van der Waals surface area (Å²) < 4.78 is 4.89. The molecule has 3 heterocycles. The Hall–Kier alpha value is -3.75. The standard InChI is InChI=1S/C29H34N6O2/c1-37-27(36)17-24-28(35-26(33-24)6-2-3-15-30)22-13-9-20(10-14-22)19-7-11-21(12-8-19)25-18-32-29(34-25)23-5-4-16-31-23/h7-14,18,23,31H,2-6,15-17,30H2,1H3,(H,32,34)(H,33,35)/t23-/m0/s1. The lowest BCUT2D eigenvalue weighted by molar-refractivity contribution is -0.139. The molecule has 1 aliphatic rings. The first kappa shape index (κ1) is 24.9. The number of aromatic nitrogens is 4. The van der Waals surface area contributed by atoms with Crippen LogP contribution in [0.5, 0.6) is 0 Å². The summed E-state index contributed by atoms with van der Waals surface area (Å²) in [6.07, 6.45) is 7.08. The number of nitrogens with two attached hydrogens (primary N) is 1. The second kappa shape index (κ2) is 11.5. The number of aromatic amines is 2. The number of aryl methyl sites for hydroxylation is 1. The highest BCUT2D eigenvalue weighted by atomic mass is 16.5. The van der Waals surface area contributed by atoms with Crippen molar-refractivity contribution in [2.24, 2.45) is 5.73 Å². The van der Waals surface area contributed by atoms with E-state index in [9.17, 15) is 4.79 Å². The monoisotopic (exact) mass is 498 g/mol. The van der Waals surface area contributed by atoms with Gasteiger partial charge in [-0.1, -0.05) is 48.5 Å². The molecule has 8 heteroatoms. The van der Waals surface area contributed by atoms with Gasteiger partial charge >= 0.3 is 5.97 Å². The number of hydrogen-bond donors (Lipinski definition) is 4. The summed E-state index contributed by atoms with van der Waals surface area (Å²) in [5.41, 5.74) is 12.6. The van der Waals surface area contributed by atoms with Gasteiger partial charge in [0.15, 0.2) is 0 Å². The predicted octanol–water partition coefficient (Wildman–Crippen LogP) is 4.56.